The van der Waals surface area contributed by atoms with Crippen molar-refractivity contribution in [3.05, 3.63) is 35.4 Å². The van der Waals surface area contributed by atoms with Crippen LogP contribution < -0.4 is 5.79 Å². The molecule has 3 aromatic heterocycles. The van der Waals surface area contributed by atoms with Crippen LogP contribution in [0.1, 0.15) is 153 Å². The molecule has 0 N–H and O–H groups in total. The van der Waals surface area contributed by atoms with E-state index in [1.54, 1.807) is 20.9 Å². The molecular weight excluding hydrogens is 838 g/mol. The van der Waals surface area contributed by atoms with Gasteiger partial charge in [-0.05, 0) is 0 Å². The number of hydrogen-bond acceptors (Lipinski definition) is 3. The third-order valence-electron chi connectivity index (χ3n) is 9.67. The first-order chi connectivity index (χ1) is 22.5. The SMILES string of the molecule is CCCCCCCCCCCCc1cc(-c2ccc(-c3cc(CCCCCCCCCCCC)[c]([Sn]([CH3])([CH3])[CH3])s3)s2)s[c]1[Sn]([CH3])([CH3])[CH3]. The molecule has 0 aliphatic heterocycles. The summed E-state index contributed by atoms with van der Waals surface area (Å²) in [4.78, 5) is 21.8. The van der Waals surface area contributed by atoms with Crippen LogP contribution in [-0.2, 0) is 12.8 Å². The van der Waals surface area contributed by atoms with Gasteiger partial charge in [-0.25, -0.2) is 0 Å². The Hall–Kier alpha value is 0.697. The summed E-state index contributed by atoms with van der Waals surface area (Å²) in [6.45, 7) is 4.62. The average Bonchev–Trinajstić information content (AvgIpc) is 3.77. The van der Waals surface area contributed by atoms with Crippen LogP contribution in [0.2, 0.25) is 29.6 Å². The maximum absolute atomic E-state index is 2.62. The topological polar surface area (TPSA) is 0 Å². The molecule has 0 aliphatic rings. The van der Waals surface area contributed by atoms with Crippen LogP contribution >= 0.6 is 34.0 Å². The Balaban J connectivity index is 1.57. The number of unbranched alkanes of at least 4 members (excludes halogenated alkanes) is 18. The van der Waals surface area contributed by atoms with Crippen LogP contribution in [-0.4, -0.2) is 36.8 Å². The van der Waals surface area contributed by atoms with Gasteiger partial charge in [-0.2, -0.15) is 0 Å². The van der Waals surface area contributed by atoms with E-state index in [1.807, 2.05) is 5.79 Å². The standard InChI is InChI=1S/C36H54S3.6CH3.2Sn/c1-3-5-7-9-11-13-15-17-19-21-23-31-27-35(37-29-31)33-25-26-34(39-33)36-28-32(30-38-36)24-22-20-18-16-14-12-10-8-6-4-2;;;;;;;;/h25-28H,3-24H2,1-2H3;6*1H3;;. The molecule has 0 saturated heterocycles. The van der Waals surface area contributed by atoms with Gasteiger partial charge in [0.2, 0.25) is 0 Å². The molecule has 0 saturated carbocycles. The second-order valence-corrected chi connectivity index (χ2v) is 50.3. The van der Waals surface area contributed by atoms with Gasteiger partial charge in [0.1, 0.15) is 0 Å². The zero-order valence-electron chi connectivity index (χ0n) is 32.1. The van der Waals surface area contributed by atoms with Crippen molar-refractivity contribution in [3.8, 4) is 19.5 Å². The van der Waals surface area contributed by atoms with Gasteiger partial charge in [-0.15, -0.1) is 0 Å². The Morgan fingerprint density at radius 3 is 0.979 bits per heavy atom. The second kappa shape index (κ2) is 22.6. The summed E-state index contributed by atoms with van der Waals surface area (Å²) in [7, 11) is 0. The Morgan fingerprint density at radius 2 is 0.681 bits per heavy atom. The molecule has 5 heteroatoms. The summed E-state index contributed by atoms with van der Waals surface area (Å²) >= 11 is 2.03. The number of hydrogen-bond donors (Lipinski definition) is 0. The van der Waals surface area contributed by atoms with Gasteiger partial charge in [-0.3, -0.25) is 0 Å². The Kier molecular flexibility index (Phi) is 20.2. The molecule has 0 bridgehead atoms. The van der Waals surface area contributed by atoms with E-state index in [1.165, 1.54) is 151 Å². The first-order valence-electron chi connectivity index (χ1n) is 19.9. The van der Waals surface area contributed by atoms with Crippen molar-refractivity contribution in [2.45, 2.75) is 185 Å². The number of aryl methyl sites for hydroxylation is 2. The first-order valence-corrected chi connectivity index (χ1v) is 42.3. The summed E-state index contributed by atoms with van der Waals surface area (Å²) in [5.41, 5.74) is 3.42. The minimum absolute atomic E-state index is 1.30. The van der Waals surface area contributed by atoms with E-state index in [0.29, 0.717) is 0 Å². The fraction of sp³-hybridized carbons (Fsp3) is 0.714. The average molecular weight is 911 g/mol. The molecular formula is C42H72S3Sn2. The summed E-state index contributed by atoms with van der Waals surface area (Å²) in [5.74, 6) is 0. The molecule has 0 spiro atoms. The summed E-state index contributed by atoms with van der Waals surface area (Å²) in [5, 5.41) is 0. The monoisotopic (exact) mass is 912 g/mol. The minimum atomic E-state index is -2.18. The van der Waals surface area contributed by atoms with Crippen molar-refractivity contribution in [1.29, 1.82) is 0 Å². The number of rotatable bonds is 26. The van der Waals surface area contributed by atoms with Crippen LogP contribution in [0.25, 0.3) is 19.5 Å². The molecule has 0 nitrogen and oxygen atoms in total. The molecule has 0 unspecified atom stereocenters. The van der Waals surface area contributed by atoms with E-state index < -0.39 is 36.8 Å². The number of thiophene rings is 3. The van der Waals surface area contributed by atoms with E-state index in [-0.39, 0.29) is 0 Å². The van der Waals surface area contributed by atoms with Crippen molar-refractivity contribution < 1.29 is 0 Å². The van der Waals surface area contributed by atoms with Gasteiger partial charge in [-0.1, -0.05) is 26.7 Å². The summed E-state index contributed by atoms with van der Waals surface area (Å²) in [6, 6.07) is 10.1. The molecule has 0 atom stereocenters. The first kappa shape index (κ1) is 42.1. The maximum atomic E-state index is 2.62. The van der Waals surface area contributed by atoms with E-state index in [4.69, 9.17) is 0 Å². The molecule has 266 valence electrons. The van der Waals surface area contributed by atoms with E-state index >= 15 is 0 Å². The zero-order chi connectivity index (χ0) is 34.1. The van der Waals surface area contributed by atoms with Gasteiger partial charge in [0.25, 0.3) is 0 Å². The fourth-order valence-electron chi connectivity index (χ4n) is 6.95. The quantitative estimate of drug-likeness (QED) is 0.0556. The Bertz CT molecular complexity index is 1150. The molecule has 3 rings (SSSR count). The van der Waals surface area contributed by atoms with Crippen LogP contribution in [0.4, 0.5) is 0 Å². The second-order valence-electron chi connectivity index (χ2n) is 16.5. The molecule has 3 heterocycles. The van der Waals surface area contributed by atoms with E-state index in [0.717, 1.165) is 0 Å². The fourth-order valence-corrected chi connectivity index (χ4v) is 24.4. The van der Waals surface area contributed by atoms with Crippen LogP contribution in [0.5, 0.6) is 0 Å². The third kappa shape index (κ3) is 15.5. The van der Waals surface area contributed by atoms with Crippen molar-refractivity contribution in [2.75, 3.05) is 0 Å². The van der Waals surface area contributed by atoms with Crippen molar-refractivity contribution in [1.82, 2.24) is 0 Å². The summed E-state index contributed by atoms with van der Waals surface area (Å²) < 4.78 is 3.64. The molecule has 0 aromatic carbocycles. The van der Waals surface area contributed by atoms with Crippen LogP contribution in [0.15, 0.2) is 24.3 Å². The van der Waals surface area contributed by atoms with Gasteiger partial charge < -0.3 is 0 Å². The Labute approximate surface area is 313 Å². The van der Waals surface area contributed by atoms with Crippen LogP contribution in [0.3, 0.4) is 0 Å². The molecule has 47 heavy (non-hydrogen) atoms. The molecule has 3 aromatic rings. The van der Waals surface area contributed by atoms with E-state index in [2.05, 4.69) is 102 Å². The van der Waals surface area contributed by atoms with Gasteiger partial charge in [0.15, 0.2) is 0 Å². The summed E-state index contributed by atoms with van der Waals surface area (Å²) in [6.07, 6.45) is 31.0. The van der Waals surface area contributed by atoms with Crippen LogP contribution in [0, 0.1) is 0 Å². The molecule has 0 fully saturated rings. The molecule has 0 aliphatic carbocycles. The van der Waals surface area contributed by atoms with E-state index in [9.17, 15) is 0 Å². The van der Waals surface area contributed by atoms with Crippen molar-refractivity contribution in [3.63, 3.8) is 0 Å². The van der Waals surface area contributed by atoms with Gasteiger partial charge >= 0.3 is 290 Å². The predicted molar refractivity (Wildman–Crippen MR) is 228 cm³/mol. The zero-order valence-corrected chi connectivity index (χ0v) is 40.2. The normalized spacial score (nSPS) is 12.4. The third-order valence-corrected chi connectivity index (χ3v) is 32.7. The van der Waals surface area contributed by atoms with Gasteiger partial charge in [0, 0.05) is 0 Å². The molecule has 0 amide bonds. The predicted octanol–water partition coefficient (Wildman–Crippen LogP) is 15.2. The Morgan fingerprint density at radius 1 is 0.383 bits per heavy atom. The molecule has 0 radical (unpaired) electrons. The van der Waals surface area contributed by atoms with Crippen molar-refractivity contribution in [2.24, 2.45) is 0 Å². The van der Waals surface area contributed by atoms with Crippen molar-refractivity contribution >= 4 is 76.6 Å². The van der Waals surface area contributed by atoms with Gasteiger partial charge in [0.05, 0.1) is 0 Å².